The molecular weight excluding hydrogens is 178 g/mol. The summed E-state index contributed by atoms with van der Waals surface area (Å²) in [7, 11) is 0. The van der Waals surface area contributed by atoms with Gasteiger partial charge in [-0.15, -0.1) is 0 Å². The van der Waals surface area contributed by atoms with Gasteiger partial charge in [0.2, 0.25) is 0 Å². The van der Waals surface area contributed by atoms with Gasteiger partial charge >= 0.3 is 5.97 Å². The van der Waals surface area contributed by atoms with E-state index in [1.165, 1.54) is 18.3 Å². The molecule has 0 aliphatic rings. The molecule has 0 aliphatic heterocycles. The maximum absolute atomic E-state index is 10.5. The predicted molar refractivity (Wildman–Crippen MR) is 46.3 cm³/mol. The van der Waals surface area contributed by atoms with Crippen LogP contribution in [-0.2, 0) is 0 Å². The van der Waals surface area contributed by atoms with Crippen LogP contribution >= 0.6 is 11.6 Å². The van der Waals surface area contributed by atoms with Gasteiger partial charge in [0.15, 0.2) is 0 Å². The van der Waals surface area contributed by atoms with Gasteiger partial charge in [-0.05, 0) is 6.07 Å². The molecule has 0 unspecified atom stereocenters. The Balaban J connectivity index is 3.22. The summed E-state index contributed by atoms with van der Waals surface area (Å²) in [5.74, 6) is -1.03. The van der Waals surface area contributed by atoms with E-state index in [-0.39, 0.29) is 10.7 Å². The summed E-state index contributed by atoms with van der Waals surface area (Å²) in [6.45, 7) is 3.47. The molecule has 1 heterocycles. The second-order valence-corrected chi connectivity index (χ2v) is 2.47. The van der Waals surface area contributed by atoms with Gasteiger partial charge in [-0.2, -0.15) is 0 Å². The SMILES string of the molecule is C=Cc1cc(C(=O)O)cnc1Cl. The number of pyridine rings is 1. The van der Waals surface area contributed by atoms with Crippen molar-refractivity contribution in [3.05, 3.63) is 35.1 Å². The molecular formula is C8H6ClNO2. The Bertz CT molecular complexity index is 336. The van der Waals surface area contributed by atoms with Crippen molar-refractivity contribution in [2.24, 2.45) is 0 Å². The van der Waals surface area contributed by atoms with Crippen LogP contribution < -0.4 is 0 Å². The average molecular weight is 184 g/mol. The van der Waals surface area contributed by atoms with E-state index < -0.39 is 5.97 Å². The molecule has 1 aromatic rings. The molecule has 0 bridgehead atoms. The zero-order chi connectivity index (χ0) is 9.14. The fourth-order valence-corrected chi connectivity index (χ4v) is 0.906. The first kappa shape index (κ1) is 8.74. The Labute approximate surface area is 74.3 Å². The van der Waals surface area contributed by atoms with Gasteiger partial charge in [0.25, 0.3) is 0 Å². The molecule has 0 fully saturated rings. The van der Waals surface area contributed by atoms with Gasteiger partial charge in [-0.25, -0.2) is 9.78 Å². The molecule has 1 rings (SSSR count). The highest BCUT2D eigenvalue weighted by molar-refractivity contribution is 6.30. The molecule has 0 saturated heterocycles. The zero-order valence-electron chi connectivity index (χ0n) is 6.12. The normalized spacial score (nSPS) is 9.42. The lowest BCUT2D eigenvalue weighted by Gasteiger charge is -1.97. The largest absolute Gasteiger partial charge is 0.478 e. The van der Waals surface area contributed by atoms with E-state index >= 15 is 0 Å². The van der Waals surface area contributed by atoms with Crippen molar-refractivity contribution in [1.29, 1.82) is 0 Å². The third kappa shape index (κ3) is 1.62. The molecule has 3 nitrogen and oxygen atoms in total. The molecule has 1 N–H and O–H groups in total. The highest BCUT2D eigenvalue weighted by atomic mass is 35.5. The molecule has 0 saturated carbocycles. The Morgan fingerprint density at radius 3 is 2.92 bits per heavy atom. The molecule has 0 spiro atoms. The minimum absolute atomic E-state index is 0.106. The van der Waals surface area contributed by atoms with Crippen molar-refractivity contribution in [1.82, 2.24) is 4.98 Å². The Morgan fingerprint density at radius 1 is 1.75 bits per heavy atom. The van der Waals surface area contributed by atoms with Crippen molar-refractivity contribution in [2.75, 3.05) is 0 Å². The summed E-state index contributed by atoms with van der Waals surface area (Å²) in [5, 5.41) is 8.84. The van der Waals surface area contributed by atoms with Crippen molar-refractivity contribution in [3.8, 4) is 0 Å². The van der Waals surface area contributed by atoms with E-state index in [0.717, 1.165) is 0 Å². The smallest absolute Gasteiger partial charge is 0.337 e. The van der Waals surface area contributed by atoms with E-state index in [9.17, 15) is 4.79 Å². The minimum atomic E-state index is -1.03. The standard InChI is InChI=1S/C8H6ClNO2/c1-2-5-3-6(8(11)12)4-10-7(5)9/h2-4H,1H2,(H,11,12). The lowest BCUT2D eigenvalue weighted by Crippen LogP contribution is -1.97. The monoisotopic (exact) mass is 183 g/mol. The number of aromatic nitrogens is 1. The number of nitrogens with zero attached hydrogens (tertiary/aromatic N) is 1. The Hall–Kier alpha value is -1.35. The van der Waals surface area contributed by atoms with Crippen LogP contribution in [0.1, 0.15) is 15.9 Å². The molecule has 0 aliphatic carbocycles. The zero-order valence-corrected chi connectivity index (χ0v) is 6.88. The summed E-state index contributed by atoms with van der Waals surface area (Å²) in [6.07, 6.45) is 2.67. The second kappa shape index (κ2) is 3.36. The van der Waals surface area contributed by atoms with Crippen LogP contribution in [0, 0.1) is 0 Å². The van der Waals surface area contributed by atoms with Gasteiger partial charge in [0, 0.05) is 11.8 Å². The molecule has 0 radical (unpaired) electrons. The van der Waals surface area contributed by atoms with Crippen LogP contribution in [0.3, 0.4) is 0 Å². The molecule has 0 amide bonds. The quantitative estimate of drug-likeness (QED) is 0.715. The second-order valence-electron chi connectivity index (χ2n) is 2.11. The first-order valence-electron chi connectivity index (χ1n) is 3.16. The van der Waals surface area contributed by atoms with Crippen LogP contribution in [0.25, 0.3) is 6.08 Å². The van der Waals surface area contributed by atoms with Gasteiger partial charge in [-0.1, -0.05) is 24.3 Å². The first-order chi connectivity index (χ1) is 5.65. The predicted octanol–water partition coefficient (Wildman–Crippen LogP) is 2.08. The van der Waals surface area contributed by atoms with E-state index in [1.807, 2.05) is 0 Å². The Morgan fingerprint density at radius 2 is 2.42 bits per heavy atom. The van der Waals surface area contributed by atoms with Crippen molar-refractivity contribution in [2.45, 2.75) is 0 Å². The van der Waals surface area contributed by atoms with Gasteiger partial charge in [0.1, 0.15) is 5.15 Å². The summed E-state index contributed by atoms with van der Waals surface area (Å²) in [5.41, 5.74) is 0.630. The number of carboxylic acids is 1. The summed E-state index contributed by atoms with van der Waals surface area (Å²) >= 11 is 5.63. The van der Waals surface area contributed by atoms with Crippen molar-refractivity contribution in [3.63, 3.8) is 0 Å². The summed E-state index contributed by atoms with van der Waals surface area (Å²) in [6, 6.07) is 1.42. The molecule has 62 valence electrons. The number of halogens is 1. The van der Waals surface area contributed by atoms with Crippen molar-refractivity contribution >= 4 is 23.6 Å². The van der Waals surface area contributed by atoms with Crippen LogP contribution in [-0.4, -0.2) is 16.1 Å². The lowest BCUT2D eigenvalue weighted by atomic mass is 10.2. The molecule has 1 aromatic heterocycles. The van der Waals surface area contributed by atoms with Crippen LogP contribution in [0.15, 0.2) is 18.8 Å². The number of aromatic carboxylic acids is 1. The minimum Gasteiger partial charge on any atom is -0.478 e. The number of rotatable bonds is 2. The molecule has 4 heteroatoms. The number of hydrogen-bond acceptors (Lipinski definition) is 2. The van der Waals surface area contributed by atoms with Crippen molar-refractivity contribution < 1.29 is 9.90 Å². The summed E-state index contributed by atoms with van der Waals surface area (Å²) in [4.78, 5) is 14.1. The lowest BCUT2D eigenvalue weighted by molar-refractivity contribution is 0.0696. The fraction of sp³-hybridized carbons (Fsp3) is 0. The van der Waals surface area contributed by atoms with Crippen LogP contribution in [0.4, 0.5) is 0 Å². The van der Waals surface area contributed by atoms with Crippen LogP contribution in [0.2, 0.25) is 5.15 Å². The third-order valence-electron chi connectivity index (χ3n) is 1.33. The molecule has 0 atom stereocenters. The van der Waals surface area contributed by atoms with E-state index in [0.29, 0.717) is 5.56 Å². The van der Waals surface area contributed by atoms with Gasteiger partial charge in [-0.3, -0.25) is 0 Å². The van der Waals surface area contributed by atoms with Crippen LogP contribution in [0.5, 0.6) is 0 Å². The van der Waals surface area contributed by atoms with E-state index in [4.69, 9.17) is 16.7 Å². The van der Waals surface area contributed by atoms with E-state index in [1.54, 1.807) is 0 Å². The third-order valence-corrected chi connectivity index (χ3v) is 1.65. The molecule has 12 heavy (non-hydrogen) atoms. The highest BCUT2D eigenvalue weighted by Crippen LogP contribution is 2.14. The first-order valence-corrected chi connectivity index (χ1v) is 3.54. The highest BCUT2D eigenvalue weighted by Gasteiger charge is 2.05. The molecule has 0 aromatic carbocycles. The average Bonchev–Trinajstić information content (AvgIpc) is 2.05. The maximum atomic E-state index is 10.5. The maximum Gasteiger partial charge on any atom is 0.337 e. The topological polar surface area (TPSA) is 50.2 Å². The Kier molecular flexibility index (Phi) is 2.45. The fourth-order valence-electron chi connectivity index (χ4n) is 0.725. The summed E-state index contributed by atoms with van der Waals surface area (Å²) < 4.78 is 0. The van der Waals surface area contributed by atoms with E-state index in [2.05, 4.69) is 11.6 Å². The van der Waals surface area contributed by atoms with Gasteiger partial charge in [0.05, 0.1) is 5.56 Å². The number of hydrogen-bond donors (Lipinski definition) is 1. The number of carbonyl (C=O) groups is 1. The number of carboxylic acid groups (broad SMARTS) is 1. The van der Waals surface area contributed by atoms with Gasteiger partial charge < -0.3 is 5.11 Å².